The number of aliphatic hydroxyl groups excluding tert-OH is 1. The van der Waals surface area contributed by atoms with Crippen molar-refractivity contribution in [3.63, 3.8) is 0 Å². The summed E-state index contributed by atoms with van der Waals surface area (Å²) in [6, 6.07) is 12.9. The Labute approximate surface area is 157 Å². The average Bonchev–Trinajstić information content (AvgIpc) is 3.22. The molecule has 1 aromatic carbocycles. The van der Waals surface area contributed by atoms with Crippen LogP contribution in [0, 0.1) is 0 Å². The molecule has 27 heavy (non-hydrogen) atoms. The number of aromatic nitrogens is 1. The maximum Gasteiger partial charge on any atom is 0.256 e. The van der Waals surface area contributed by atoms with Gasteiger partial charge in [0.05, 0.1) is 17.2 Å². The normalized spacial score (nSPS) is 27.8. The Bertz CT molecular complexity index is 977. The molecule has 0 spiro atoms. The number of β-amino-alcohol motifs (C(OH)–C–C–N with tert-alkyl or cyclic N) is 1. The molecule has 6 heteroatoms. The van der Waals surface area contributed by atoms with Crippen LogP contribution in [0.2, 0.25) is 0 Å². The predicted octanol–water partition coefficient (Wildman–Crippen LogP) is 1.40. The summed E-state index contributed by atoms with van der Waals surface area (Å²) in [6.07, 6.45) is 0.777. The van der Waals surface area contributed by atoms with Gasteiger partial charge in [0, 0.05) is 37.8 Å². The number of benzene rings is 1. The lowest BCUT2D eigenvalue weighted by Crippen LogP contribution is -2.33. The van der Waals surface area contributed by atoms with Gasteiger partial charge in [-0.25, -0.2) is 4.99 Å². The van der Waals surface area contributed by atoms with Crippen LogP contribution in [0.15, 0.2) is 52.3 Å². The zero-order chi connectivity index (χ0) is 19.2. The third-order valence-electron chi connectivity index (χ3n) is 5.76. The second-order valence-electron chi connectivity index (χ2n) is 7.65. The van der Waals surface area contributed by atoms with E-state index in [2.05, 4.69) is 10.3 Å². The van der Waals surface area contributed by atoms with Gasteiger partial charge in [0.1, 0.15) is 0 Å². The lowest BCUT2D eigenvalue weighted by molar-refractivity contribution is -0.121. The van der Waals surface area contributed by atoms with Crippen molar-refractivity contribution in [3.8, 4) is 11.3 Å². The molecule has 4 rings (SSSR count). The molecule has 3 heterocycles. The molecule has 1 aromatic heterocycles. The standard InChI is InChI=1S/C21H23N3O3/c1-21(11-17(23-20(21)27)16-10-15(25)12-22-16)14-8-6-13(7-9-14)18-4-3-5-19(26)24(18)2/h3-9,15-16,22,25H,10-12H2,1-2H3/t15-,16?,21?/m1/s1. The number of carbonyl (C=O) groups excluding carboxylic acids is 1. The highest BCUT2D eigenvalue weighted by molar-refractivity contribution is 6.10. The summed E-state index contributed by atoms with van der Waals surface area (Å²) in [7, 11) is 1.75. The fraction of sp³-hybridized carbons (Fsp3) is 0.381. The van der Waals surface area contributed by atoms with Crippen LogP contribution in [0.25, 0.3) is 11.3 Å². The monoisotopic (exact) mass is 365 g/mol. The SMILES string of the molecule is Cn1c(-c2ccc(C3(C)CC(C4C[C@@H](O)CN4)=NC3=O)cc2)cccc1=O. The predicted molar refractivity (Wildman–Crippen MR) is 104 cm³/mol. The van der Waals surface area contributed by atoms with Crippen LogP contribution >= 0.6 is 0 Å². The number of aliphatic hydroxyl groups is 1. The van der Waals surface area contributed by atoms with Gasteiger partial charge in [-0.2, -0.15) is 0 Å². The van der Waals surface area contributed by atoms with Gasteiger partial charge in [-0.15, -0.1) is 0 Å². The Morgan fingerprint density at radius 2 is 1.93 bits per heavy atom. The molecule has 140 valence electrons. The Balaban J connectivity index is 1.60. The van der Waals surface area contributed by atoms with Gasteiger partial charge in [0.2, 0.25) is 0 Å². The Morgan fingerprint density at radius 1 is 1.19 bits per heavy atom. The topological polar surface area (TPSA) is 83.7 Å². The number of hydrogen-bond acceptors (Lipinski definition) is 4. The van der Waals surface area contributed by atoms with Crippen LogP contribution in [0.5, 0.6) is 0 Å². The third kappa shape index (κ3) is 3.05. The van der Waals surface area contributed by atoms with Gasteiger partial charge >= 0.3 is 0 Å². The van der Waals surface area contributed by atoms with Gasteiger partial charge < -0.3 is 15.0 Å². The van der Waals surface area contributed by atoms with Crippen LogP contribution in [0.1, 0.15) is 25.3 Å². The van der Waals surface area contributed by atoms with Gasteiger partial charge in [0.25, 0.3) is 11.5 Å². The second-order valence-corrected chi connectivity index (χ2v) is 7.65. The van der Waals surface area contributed by atoms with Gasteiger partial charge in [-0.05, 0) is 30.5 Å². The molecule has 2 aromatic rings. The molecule has 2 aliphatic heterocycles. The van der Waals surface area contributed by atoms with E-state index < -0.39 is 5.41 Å². The number of nitrogens with one attached hydrogen (secondary N) is 1. The van der Waals surface area contributed by atoms with Crippen molar-refractivity contribution in [1.29, 1.82) is 0 Å². The minimum Gasteiger partial charge on any atom is -0.392 e. The van der Waals surface area contributed by atoms with E-state index >= 15 is 0 Å². The minimum absolute atomic E-state index is 0.0242. The van der Waals surface area contributed by atoms with Crippen molar-refractivity contribution < 1.29 is 9.90 Å². The first-order valence-electron chi connectivity index (χ1n) is 9.19. The molecule has 0 aliphatic carbocycles. The molecule has 1 saturated heterocycles. The first kappa shape index (κ1) is 17.8. The average molecular weight is 365 g/mol. The number of pyridine rings is 1. The summed E-state index contributed by atoms with van der Waals surface area (Å²) in [6.45, 7) is 2.46. The summed E-state index contributed by atoms with van der Waals surface area (Å²) in [5, 5.41) is 13.0. The molecule has 2 aliphatic rings. The minimum atomic E-state index is -0.689. The van der Waals surface area contributed by atoms with Crippen LogP contribution in [-0.2, 0) is 17.3 Å². The molecule has 1 fully saturated rings. The number of amides is 1. The van der Waals surface area contributed by atoms with Crippen molar-refractivity contribution in [2.24, 2.45) is 12.0 Å². The quantitative estimate of drug-likeness (QED) is 0.861. The third-order valence-corrected chi connectivity index (χ3v) is 5.76. The molecule has 0 saturated carbocycles. The Hall–Kier alpha value is -2.57. The van der Waals surface area contributed by atoms with E-state index in [-0.39, 0.29) is 23.6 Å². The fourth-order valence-electron chi connectivity index (χ4n) is 3.99. The zero-order valence-electron chi connectivity index (χ0n) is 15.5. The first-order valence-corrected chi connectivity index (χ1v) is 9.19. The van der Waals surface area contributed by atoms with Gasteiger partial charge in [-0.1, -0.05) is 30.3 Å². The summed E-state index contributed by atoms with van der Waals surface area (Å²) < 4.78 is 1.61. The van der Waals surface area contributed by atoms with Crippen LogP contribution in [0.4, 0.5) is 0 Å². The summed E-state index contributed by atoms with van der Waals surface area (Å²) >= 11 is 0. The van der Waals surface area contributed by atoms with E-state index in [1.165, 1.54) is 6.07 Å². The molecule has 2 unspecified atom stereocenters. The summed E-state index contributed by atoms with van der Waals surface area (Å²) in [4.78, 5) is 28.8. The van der Waals surface area contributed by atoms with Crippen molar-refractivity contribution in [3.05, 3.63) is 58.4 Å². The summed E-state index contributed by atoms with van der Waals surface area (Å²) in [5.41, 5.74) is 2.75. The van der Waals surface area contributed by atoms with E-state index in [0.29, 0.717) is 19.4 Å². The maximum atomic E-state index is 12.7. The molecule has 0 bridgehead atoms. The summed E-state index contributed by atoms with van der Waals surface area (Å²) in [5.74, 6) is -0.138. The highest BCUT2D eigenvalue weighted by atomic mass is 16.3. The highest BCUT2D eigenvalue weighted by Gasteiger charge is 2.44. The highest BCUT2D eigenvalue weighted by Crippen LogP contribution is 2.36. The van der Waals surface area contributed by atoms with Crippen molar-refractivity contribution in [1.82, 2.24) is 9.88 Å². The smallest absolute Gasteiger partial charge is 0.256 e. The lowest BCUT2D eigenvalue weighted by Gasteiger charge is -2.23. The largest absolute Gasteiger partial charge is 0.392 e. The molecule has 1 amide bonds. The zero-order valence-corrected chi connectivity index (χ0v) is 15.5. The molecule has 2 N–H and O–H groups in total. The number of carbonyl (C=O) groups is 1. The maximum absolute atomic E-state index is 12.7. The van der Waals surface area contributed by atoms with E-state index in [4.69, 9.17) is 0 Å². The molecular weight excluding hydrogens is 342 g/mol. The first-order chi connectivity index (χ1) is 12.9. The van der Waals surface area contributed by atoms with E-state index in [1.807, 2.05) is 37.3 Å². The second kappa shape index (κ2) is 6.55. The number of rotatable bonds is 3. The van der Waals surface area contributed by atoms with Crippen LogP contribution in [0.3, 0.4) is 0 Å². The van der Waals surface area contributed by atoms with Crippen molar-refractivity contribution >= 4 is 11.6 Å². The van der Waals surface area contributed by atoms with Crippen molar-refractivity contribution in [2.75, 3.05) is 6.54 Å². The van der Waals surface area contributed by atoms with Crippen molar-refractivity contribution in [2.45, 2.75) is 37.3 Å². The molecule has 0 radical (unpaired) electrons. The molecular formula is C21H23N3O3. The number of hydrogen-bond donors (Lipinski definition) is 2. The Morgan fingerprint density at radius 3 is 2.59 bits per heavy atom. The Kier molecular flexibility index (Phi) is 4.32. The van der Waals surface area contributed by atoms with E-state index in [1.54, 1.807) is 17.7 Å². The van der Waals surface area contributed by atoms with E-state index in [0.717, 1.165) is 22.5 Å². The number of aliphatic imine (C=N–C) groups is 1. The molecule has 6 nitrogen and oxygen atoms in total. The van der Waals surface area contributed by atoms with Gasteiger partial charge in [-0.3, -0.25) is 9.59 Å². The van der Waals surface area contributed by atoms with E-state index in [9.17, 15) is 14.7 Å². The van der Waals surface area contributed by atoms with Crippen LogP contribution in [-0.4, -0.2) is 40.0 Å². The fourth-order valence-corrected chi connectivity index (χ4v) is 3.99. The van der Waals surface area contributed by atoms with Gasteiger partial charge in [0.15, 0.2) is 0 Å². The molecule has 3 atom stereocenters. The lowest BCUT2D eigenvalue weighted by atomic mass is 9.78. The van der Waals surface area contributed by atoms with Crippen LogP contribution < -0.4 is 10.9 Å². The number of nitrogens with zero attached hydrogens (tertiary/aromatic N) is 2.